The lowest BCUT2D eigenvalue weighted by molar-refractivity contribution is 0.304. The van der Waals surface area contributed by atoms with E-state index >= 15 is 0 Å². The molecule has 0 unspecified atom stereocenters. The second-order valence-corrected chi connectivity index (χ2v) is 5.38. The van der Waals surface area contributed by atoms with Crippen molar-refractivity contribution in [2.75, 3.05) is 13.2 Å². The smallest absolute Gasteiger partial charge is 0.119 e. The van der Waals surface area contributed by atoms with Crippen molar-refractivity contribution in [1.29, 1.82) is 0 Å². The van der Waals surface area contributed by atoms with Crippen LogP contribution in [0.25, 0.3) is 0 Å². The molecular weight excluding hydrogens is 222 g/mol. The highest BCUT2D eigenvalue weighted by Crippen LogP contribution is 2.18. The maximum atomic E-state index is 5.76. The van der Waals surface area contributed by atoms with Gasteiger partial charge in [-0.2, -0.15) is 0 Å². The third kappa shape index (κ3) is 4.69. The van der Waals surface area contributed by atoms with Crippen LogP contribution in [0.4, 0.5) is 0 Å². The first-order valence-electron chi connectivity index (χ1n) is 7.19. The van der Waals surface area contributed by atoms with Gasteiger partial charge in [-0.05, 0) is 75.8 Å². The van der Waals surface area contributed by atoms with Gasteiger partial charge in [0.1, 0.15) is 5.75 Å². The molecule has 0 spiro atoms. The summed E-state index contributed by atoms with van der Waals surface area (Å²) in [6.07, 6.45) is 6.45. The summed E-state index contributed by atoms with van der Waals surface area (Å²) >= 11 is 0. The Morgan fingerprint density at radius 3 is 2.67 bits per heavy atom. The fourth-order valence-corrected chi connectivity index (χ4v) is 1.99. The zero-order valence-corrected chi connectivity index (χ0v) is 11.7. The Hall–Kier alpha value is -1.02. The number of hydrogen-bond donors (Lipinski definition) is 1. The lowest BCUT2D eigenvalue weighted by Gasteiger charge is -2.08. The van der Waals surface area contributed by atoms with Gasteiger partial charge in [0.25, 0.3) is 0 Å². The van der Waals surface area contributed by atoms with E-state index in [1.807, 2.05) is 0 Å². The summed E-state index contributed by atoms with van der Waals surface area (Å²) in [4.78, 5) is 0. The topological polar surface area (TPSA) is 21.3 Å². The van der Waals surface area contributed by atoms with Gasteiger partial charge in [-0.3, -0.25) is 0 Å². The van der Waals surface area contributed by atoms with Crippen LogP contribution in [0.2, 0.25) is 0 Å². The van der Waals surface area contributed by atoms with Crippen LogP contribution in [0.15, 0.2) is 18.2 Å². The molecule has 1 saturated carbocycles. The van der Waals surface area contributed by atoms with Crippen molar-refractivity contribution in [3.8, 4) is 5.75 Å². The van der Waals surface area contributed by atoms with E-state index in [2.05, 4.69) is 37.4 Å². The van der Waals surface area contributed by atoms with Crippen LogP contribution < -0.4 is 10.1 Å². The molecule has 1 aromatic carbocycles. The third-order valence-corrected chi connectivity index (χ3v) is 3.58. The Kier molecular flexibility index (Phi) is 5.06. The average Bonchev–Trinajstić information content (AvgIpc) is 3.16. The Labute approximate surface area is 111 Å². The van der Waals surface area contributed by atoms with Gasteiger partial charge >= 0.3 is 0 Å². The number of ether oxygens (including phenoxy) is 1. The molecule has 0 atom stereocenters. The van der Waals surface area contributed by atoms with Crippen molar-refractivity contribution < 1.29 is 4.74 Å². The van der Waals surface area contributed by atoms with Crippen LogP contribution in [-0.4, -0.2) is 19.2 Å². The first kappa shape index (κ1) is 13.4. The van der Waals surface area contributed by atoms with Gasteiger partial charge in [0.2, 0.25) is 0 Å². The van der Waals surface area contributed by atoms with E-state index in [1.165, 1.54) is 43.4 Å². The van der Waals surface area contributed by atoms with Gasteiger partial charge < -0.3 is 10.1 Å². The lowest BCUT2D eigenvalue weighted by Crippen LogP contribution is -2.17. The Morgan fingerprint density at radius 2 is 1.94 bits per heavy atom. The predicted molar refractivity (Wildman–Crippen MR) is 76.3 cm³/mol. The third-order valence-electron chi connectivity index (χ3n) is 3.58. The second kappa shape index (κ2) is 6.79. The van der Waals surface area contributed by atoms with Gasteiger partial charge in [-0.15, -0.1) is 0 Å². The van der Waals surface area contributed by atoms with Gasteiger partial charge in [0.15, 0.2) is 0 Å². The molecule has 1 aliphatic carbocycles. The first-order valence-corrected chi connectivity index (χ1v) is 7.19. The van der Waals surface area contributed by atoms with Gasteiger partial charge in [0, 0.05) is 6.04 Å². The summed E-state index contributed by atoms with van der Waals surface area (Å²) in [5, 5.41) is 3.54. The number of hydrogen-bond acceptors (Lipinski definition) is 2. The Bertz CT molecular complexity index is 371. The molecule has 100 valence electrons. The van der Waals surface area contributed by atoms with E-state index in [4.69, 9.17) is 4.74 Å². The monoisotopic (exact) mass is 247 g/mol. The first-order chi connectivity index (χ1) is 8.75. The van der Waals surface area contributed by atoms with Crippen LogP contribution in [0.5, 0.6) is 5.75 Å². The molecule has 0 bridgehead atoms. The average molecular weight is 247 g/mol. The summed E-state index contributed by atoms with van der Waals surface area (Å²) in [7, 11) is 0. The maximum absolute atomic E-state index is 5.76. The van der Waals surface area contributed by atoms with Crippen LogP contribution in [0.3, 0.4) is 0 Å². The maximum Gasteiger partial charge on any atom is 0.119 e. The highest BCUT2D eigenvalue weighted by Gasteiger charge is 2.19. The number of nitrogens with one attached hydrogen (secondary N) is 1. The summed E-state index contributed by atoms with van der Waals surface area (Å²) in [5.41, 5.74) is 2.63. The molecule has 2 heteroatoms. The molecule has 1 aliphatic rings. The molecule has 1 aromatic rings. The largest absolute Gasteiger partial charge is 0.494 e. The molecule has 1 fully saturated rings. The normalized spacial score (nSPS) is 14.8. The molecule has 1 N–H and O–H groups in total. The highest BCUT2D eigenvalue weighted by atomic mass is 16.5. The van der Waals surface area contributed by atoms with E-state index in [1.54, 1.807) is 0 Å². The van der Waals surface area contributed by atoms with Crippen LogP contribution in [0, 0.1) is 13.8 Å². The molecule has 18 heavy (non-hydrogen) atoms. The molecule has 0 amide bonds. The zero-order chi connectivity index (χ0) is 12.8. The molecule has 0 aliphatic heterocycles. The number of aryl methyl sites for hydroxylation is 2. The molecular formula is C16H25NO. The molecule has 0 radical (unpaired) electrons. The summed E-state index contributed by atoms with van der Waals surface area (Å²) in [5.74, 6) is 1.01. The van der Waals surface area contributed by atoms with Gasteiger partial charge in [0.05, 0.1) is 6.61 Å². The van der Waals surface area contributed by atoms with Gasteiger partial charge in [-0.25, -0.2) is 0 Å². The van der Waals surface area contributed by atoms with Crippen molar-refractivity contribution in [3.63, 3.8) is 0 Å². The van der Waals surface area contributed by atoms with Gasteiger partial charge in [-0.1, -0.05) is 6.07 Å². The summed E-state index contributed by atoms with van der Waals surface area (Å²) in [6.45, 7) is 6.28. The number of benzene rings is 1. The minimum atomic E-state index is 0.839. The molecule has 0 aromatic heterocycles. The fraction of sp³-hybridized carbons (Fsp3) is 0.625. The lowest BCUT2D eigenvalue weighted by atomic mass is 10.1. The quantitative estimate of drug-likeness (QED) is 0.709. The van der Waals surface area contributed by atoms with Crippen LogP contribution >= 0.6 is 0 Å². The second-order valence-electron chi connectivity index (χ2n) is 5.38. The summed E-state index contributed by atoms with van der Waals surface area (Å²) < 4.78 is 5.76. The standard InChI is InChI=1S/C16H25NO/c1-13-6-9-16(12-14(13)2)18-11-5-3-4-10-17-15-7-8-15/h6,9,12,15,17H,3-5,7-8,10-11H2,1-2H3. The van der Waals surface area contributed by atoms with E-state index in [0.717, 1.165) is 24.8 Å². The van der Waals surface area contributed by atoms with Crippen LogP contribution in [0.1, 0.15) is 43.2 Å². The Morgan fingerprint density at radius 1 is 1.11 bits per heavy atom. The van der Waals surface area contributed by atoms with Crippen molar-refractivity contribution in [3.05, 3.63) is 29.3 Å². The minimum Gasteiger partial charge on any atom is -0.494 e. The van der Waals surface area contributed by atoms with Crippen LogP contribution in [-0.2, 0) is 0 Å². The Balaban J connectivity index is 1.52. The van der Waals surface area contributed by atoms with E-state index < -0.39 is 0 Å². The van der Waals surface area contributed by atoms with Crippen molar-refractivity contribution in [2.24, 2.45) is 0 Å². The van der Waals surface area contributed by atoms with Crippen molar-refractivity contribution >= 4 is 0 Å². The molecule has 0 heterocycles. The number of rotatable bonds is 8. The predicted octanol–water partition coefficient (Wildman–Crippen LogP) is 3.60. The van der Waals surface area contributed by atoms with E-state index in [-0.39, 0.29) is 0 Å². The molecule has 0 saturated heterocycles. The van der Waals surface area contributed by atoms with Crippen molar-refractivity contribution in [1.82, 2.24) is 5.32 Å². The number of unbranched alkanes of at least 4 members (excludes halogenated alkanes) is 2. The highest BCUT2D eigenvalue weighted by molar-refractivity contribution is 5.33. The SMILES string of the molecule is Cc1ccc(OCCCCCNC2CC2)cc1C. The van der Waals surface area contributed by atoms with Crippen molar-refractivity contribution in [2.45, 2.75) is 52.0 Å². The zero-order valence-electron chi connectivity index (χ0n) is 11.7. The summed E-state index contributed by atoms with van der Waals surface area (Å²) in [6, 6.07) is 7.17. The minimum absolute atomic E-state index is 0.839. The fourth-order valence-electron chi connectivity index (χ4n) is 1.99. The van der Waals surface area contributed by atoms with E-state index in [9.17, 15) is 0 Å². The molecule has 2 rings (SSSR count). The molecule has 2 nitrogen and oxygen atoms in total. The van der Waals surface area contributed by atoms with E-state index in [0.29, 0.717) is 0 Å².